The molecule has 0 radical (unpaired) electrons. The Morgan fingerprint density at radius 1 is 0.933 bits per heavy atom. The molecule has 0 unspecified atom stereocenters. The predicted octanol–water partition coefficient (Wildman–Crippen LogP) is 3.78. The lowest BCUT2D eigenvalue weighted by Crippen LogP contribution is -2.37. The van der Waals surface area contributed by atoms with Crippen LogP contribution in [0.5, 0.6) is 11.8 Å². The first-order chi connectivity index (χ1) is 29.4. The summed E-state index contributed by atoms with van der Waals surface area (Å²) in [6.45, 7) is 8.63. The lowest BCUT2D eigenvalue weighted by molar-refractivity contribution is -0.123. The van der Waals surface area contributed by atoms with Crippen molar-refractivity contribution in [1.29, 1.82) is 0 Å². The molecule has 0 saturated carbocycles. The molecular weight excluding hydrogens is 773 g/mol. The number of carboxylic acid groups (broad SMARTS) is 1. The van der Waals surface area contributed by atoms with E-state index in [-0.39, 0.29) is 24.3 Å². The highest BCUT2D eigenvalue weighted by Crippen LogP contribution is 2.27. The van der Waals surface area contributed by atoms with Crippen molar-refractivity contribution in [3.63, 3.8) is 0 Å². The molecule has 2 aliphatic rings. The number of nitrogens with zero attached hydrogens (tertiary/aromatic N) is 10. The number of morpholine rings is 1. The maximum Gasteiger partial charge on any atom is 0.328 e. The molecule has 6 N–H and O–H groups in total. The van der Waals surface area contributed by atoms with E-state index in [2.05, 4.69) is 68.8 Å². The maximum absolute atomic E-state index is 12.0. The second-order valence-electron chi connectivity index (χ2n) is 13.9. The minimum absolute atomic E-state index is 0.0689. The first-order valence-electron chi connectivity index (χ1n) is 19.9. The van der Waals surface area contributed by atoms with E-state index in [9.17, 15) is 4.79 Å². The third-order valence-corrected chi connectivity index (χ3v) is 9.76. The molecule has 8 rings (SSSR count). The van der Waals surface area contributed by atoms with E-state index in [4.69, 9.17) is 34.5 Å². The SMILES string of the molecule is CCCN(CCCNc1nc(Oc2ccc(CCNc3nc(N)n4nc(-c5ccco5)nc4n3)cc2)nc(N2CCOCC2)n1)CCc1cccc2c1CC(=O)N2.O=CO. The van der Waals surface area contributed by atoms with Gasteiger partial charge in [0.05, 0.1) is 25.9 Å². The molecule has 2 aliphatic heterocycles. The Morgan fingerprint density at radius 3 is 2.52 bits per heavy atom. The van der Waals surface area contributed by atoms with E-state index >= 15 is 0 Å². The summed E-state index contributed by atoms with van der Waals surface area (Å²) in [5, 5.41) is 20.8. The Morgan fingerprint density at radius 2 is 1.73 bits per heavy atom. The summed E-state index contributed by atoms with van der Waals surface area (Å²) in [6, 6.07) is 17.7. The number of nitrogens with two attached hydrogens (primary N) is 1. The Labute approximate surface area is 345 Å². The summed E-state index contributed by atoms with van der Waals surface area (Å²) in [5.41, 5.74) is 10.5. The van der Waals surface area contributed by atoms with Crippen molar-refractivity contribution in [1.82, 2.24) is 44.4 Å². The standard InChI is InChI=1S/C39H46N14O4.CH2O2/c1-2-17-51(19-14-27-6-3-7-30-29(27)25-32(54)43-30)18-5-15-41-36-46-37(52-20-23-55-24-21-52)49-39(48-36)57-28-11-9-26(10-12-28)13-16-42-35-45-34(40)53-38(47-35)44-33(50-53)31-8-4-22-56-31;2-1-3/h3-4,6-12,22H,2,5,13-21,23-25H2,1H3,(H,43,54)(H,41,46,48,49)(H3,40,42,44,45,47,50);1H,(H,2,3). The summed E-state index contributed by atoms with van der Waals surface area (Å²) in [7, 11) is 0. The molecule has 0 spiro atoms. The second kappa shape index (κ2) is 20.2. The van der Waals surface area contributed by atoms with Crippen molar-refractivity contribution in [2.45, 2.75) is 39.0 Å². The van der Waals surface area contributed by atoms with Crippen molar-refractivity contribution in [2.75, 3.05) is 85.6 Å². The number of fused-ring (bicyclic) bond motifs is 2. The van der Waals surface area contributed by atoms with Crippen LogP contribution in [-0.4, -0.2) is 121 Å². The van der Waals surface area contributed by atoms with Gasteiger partial charge in [-0.25, -0.2) is 0 Å². The lowest BCUT2D eigenvalue weighted by Gasteiger charge is -2.27. The molecule has 2 aromatic carbocycles. The first kappa shape index (κ1) is 41.2. The minimum Gasteiger partial charge on any atom is -0.483 e. The van der Waals surface area contributed by atoms with Crippen LogP contribution in [0, 0.1) is 0 Å². The van der Waals surface area contributed by atoms with E-state index in [1.54, 1.807) is 18.4 Å². The van der Waals surface area contributed by atoms with Crippen molar-refractivity contribution in [3.05, 3.63) is 77.6 Å². The highest BCUT2D eigenvalue weighted by Gasteiger charge is 2.21. The van der Waals surface area contributed by atoms with Gasteiger partial charge in [0.25, 0.3) is 12.2 Å². The average Bonchev–Trinajstić information content (AvgIpc) is 4.03. The number of hydrogen-bond acceptors (Lipinski definition) is 17. The number of aromatic nitrogens is 8. The van der Waals surface area contributed by atoms with Crippen molar-refractivity contribution in [2.24, 2.45) is 0 Å². The fourth-order valence-electron chi connectivity index (χ4n) is 6.90. The predicted molar refractivity (Wildman–Crippen MR) is 223 cm³/mol. The molecule has 6 aromatic rings. The number of nitrogen functional groups attached to an aromatic ring is 1. The van der Waals surface area contributed by atoms with Crippen LogP contribution in [0.25, 0.3) is 17.4 Å². The summed E-state index contributed by atoms with van der Waals surface area (Å²) < 4.78 is 18.5. The molecule has 1 amide bonds. The van der Waals surface area contributed by atoms with E-state index in [0.717, 1.165) is 55.7 Å². The van der Waals surface area contributed by atoms with Gasteiger partial charge in [0.15, 0.2) is 5.76 Å². The molecule has 0 bridgehead atoms. The highest BCUT2D eigenvalue weighted by atomic mass is 16.5. The van der Waals surface area contributed by atoms with Crippen LogP contribution >= 0.6 is 0 Å². The highest BCUT2D eigenvalue weighted by molar-refractivity contribution is 5.99. The van der Waals surface area contributed by atoms with Crippen molar-refractivity contribution >= 4 is 47.6 Å². The van der Waals surface area contributed by atoms with Gasteiger partial charge in [-0.15, -0.1) is 5.10 Å². The van der Waals surface area contributed by atoms with Gasteiger partial charge in [0.1, 0.15) is 5.75 Å². The molecule has 60 heavy (non-hydrogen) atoms. The maximum atomic E-state index is 12.0. The van der Waals surface area contributed by atoms with Crippen LogP contribution in [-0.2, 0) is 33.6 Å². The van der Waals surface area contributed by atoms with E-state index in [1.807, 2.05) is 36.4 Å². The normalized spacial score (nSPS) is 13.4. The van der Waals surface area contributed by atoms with Crippen LogP contribution in [0.15, 0.2) is 65.3 Å². The van der Waals surface area contributed by atoms with Gasteiger partial charge < -0.3 is 50.5 Å². The van der Waals surface area contributed by atoms with Crippen LogP contribution in [0.1, 0.15) is 36.5 Å². The number of ether oxygens (including phenoxy) is 2. The summed E-state index contributed by atoms with van der Waals surface area (Å²) in [5.74, 6) is 3.43. The van der Waals surface area contributed by atoms with Gasteiger partial charge in [0.2, 0.25) is 35.5 Å². The number of amides is 1. The van der Waals surface area contributed by atoms with Gasteiger partial charge in [-0.3, -0.25) is 9.59 Å². The fraction of sp³-hybridized carbons (Fsp3) is 0.375. The van der Waals surface area contributed by atoms with E-state index < -0.39 is 0 Å². The molecule has 4 aromatic heterocycles. The van der Waals surface area contributed by atoms with Crippen LogP contribution in [0.3, 0.4) is 0 Å². The zero-order valence-electron chi connectivity index (χ0n) is 33.3. The van der Waals surface area contributed by atoms with Crippen molar-refractivity contribution < 1.29 is 28.6 Å². The number of rotatable bonds is 18. The monoisotopic (exact) mass is 820 g/mol. The molecule has 314 valence electrons. The third-order valence-electron chi connectivity index (χ3n) is 9.76. The zero-order valence-corrected chi connectivity index (χ0v) is 33.3. The molecule has 0 atom stereocenters. The smallest absolute Gasteiger partial charge is 0.328 e. The first-order valence-corrected chi connectivity index (χ1v) is 19.9. The molecule has 1 fully saturated rings. The molecule has 20 nitrogen and oxygen atoms in total. The number of anilines is 5. The zero-order chi connectivity index (χ0) is 41.7. The molecule has 6 heterocycles. The molecular formula is C40H48N14O6. The number of carbonyl (C=O) groups excluding carboxylic acids is 1. The second-order valence-corrected chi connectivity index (χ2v) is 13.9. The topological polar surface area (TPSA) is 249 Å². The van der Waals surface area contributed by atoms with E-state index in [0.29, 0.717) is 93.2 Å². The molecule has 1 saturated heterocycles. The number of benzene rings is 2. The van der Waals surface area contributed by atoms with Crippen molar-refractivity contribution in [3.8, 4) is 23.3 Å². The van der Waals surface area contributed by atoms with Gasteiger partial charge in [-0.2, -0.15) is 34.4 Å². The largest absolute Gasteiger partial charge is 0.483 e. The lowest BCUT2D eigenvalue weighted by atomic mass is 10.0. The molecule has 0 aliphatic carbocycles. The van der Waals surface area contributed by atoms with Crippen LogP contribution in [0.2, 0.25) is 0 Å². The third kappa shape index (κ3) is 10.8. The number of furan rings is 1. The summed E-state index contributed by atoms with van der Waals surface area (Å²) in [4.78, 5) is 52.1. The van der Waals surface area contributed by atoms with Gasteiger partial charge in [-0.05, 0) is 85.8 Å². The van der Waals surface area contributed by atoms with Gasteiger partial charge in [-0.1, -0.05) is 31.2 Å². The Balaban J connectivity index is 0.00000176. The Bertz CT molecular complexity index is 2330. The molecule has 20 heteroatoms. The minimum atomic E-state index is -0.250. The van der Waals surface area contributed by atoms with E-state index in [1.165, 1.54) is 10.1 Å². The number of carbonyl (C=O) groups is 2. The summed E-state index contributed by atoms with van der Waals surface area (Å²) in [6.07, 6.45) is 5.59. The van der Waals surface area contributed by atoms with Crippen LogP contribution < -0.4 is 31.3 Å². The average molecular weight is 821 g/mol. The fourth-order valence-corrected chi connectivity index (χ4v) is 6.90. The van der Waals surface area contributed by atoms with Gasteiger partial charge in [0, 0.05) is 38.4 Å². The Kier molecular flexibility index (Phi) is 13.9. The Hall–Kier alpha value is -6.93. The van der Waals surface area contributed by atoms with Crippen LogP contribution in [0.4, 0.5) is 29.5 Å². The quantitative estimate of drug-likeness (QED) is 0.0611. The number of nitrogens with one attached hydrogen (secondary N) is 3. The number of hydrogen-bond donors (Lipinski definition) is 5. The van der Waals surface area contributed by atoms with Gasteiger partial charge >= 0.3 is 6.01 Å². The summed E-state index contributed by atoms with van der Waals surface area (Å²) >= 11 is 0.